The lowest BCUT2D eigenvalue weighted by molar-refractivity contribution is 0.0280. The third-order valence-corrected chi connectivity index (χ3v) is 4.98. The predicted octanol–water partition coefficient (Wildman–Crippen LogP) is 4.13. The lowest BCUT2D eigenvalue weighted by Gasteiger charge is -2.46. The number of piperazine rings is 1. The lowest BCUT2D eigenvalue weighted by Crippen LogP contribution is -2.58. The van der Waals surface area contributed by atoms with Gasteiger partial charge in [0, 0.05) is 25.2 Å². The Kier molecular flexibility index (Phi) is 5.23. The second-order valence-corrected chi connectivity index (χ2v) is 6.84. The number of nitrogens with zero attached hydrogens (tertiary/aromatic N) is 2. The number of hydrogen-bond donors (Lipinski definition) is 1. The van der Waals surface area contributed by atoms with Crippen molar-refractivity contribution in [3.63, 3.8) is 0 Å². The maximum Gasteiger partial charge on any atom is 0.407 e. The Bertz CT molecular complexity index is 719. The Hall–Kier alpha value is -2.47. The van der Waals surface area contributed by atoms with Gasteiger partial charge in [-0.15, -0.1) is 0 Å². The van der Waals surface area contributed by atoms with Crippen LogP contribution in [-0.2, 0) is 0 Å². The second-order valence-electron chi connectivity index (χ2n) is 6.84. The summed E-state index contributed by atoms with van der Waals surface area (Å²) in [5.41, 5.74) is 1.78. The molecule has 0 radical (unpaired) electrons. The first-order chi connectivity index (χ1) is 12.4. The smallest absolute Gasteiger partial charge is 0.407 e. The minimum absolute atomic E-state index is 0.0394. The average molecular weight is 360 g/mol. The molecule has 2 atom stereocenters. The van der Waals surface area contributed by atoms with E-state index in [1.165, 1.54) is 29.2 Å². The van der Waals surface area contributed by atoms with Gasteiger partial charge >= 0.3 is 6.09 Å². The van der Waals surface area contributed by atoms with Gasteiger partial charge in [0.15, 0.2) is 0 Å². The van der Waals surface area contributed by atoms with Gasteiger partial charge in [-0.25, -0.2) is 13.6 Å². The van der Waals surface area contributed by atoms with E-state index in [1.807, 2.05) is 13.8 Å². The van der Waals surface area contributed by atoms with Crippen LogP contribution in [0.5, 0.6) is 0 Å². The molecule has 0 aromatic heterocycles. The number of benzene rings is 2. The molecule has 3 rings (SSSR count). The lowest BCUT2D eigenvalue weighted by atomic mass is 9.93. The Morgan fingerprint density at radius 1 is 0.923 bits per heavy atom. The fourth-order valence-corrected chi connectivity index (χ4v) is 3.65. The molecule has 2 aromatic rings. The highest BCUT2D eigenvalue weighted by atomic mass is 19.1. The summed E-state index contributed by atoms with van der Waals surface area (Å²) in [5.74, 6) is -0.632. The molecule has 1 heterocycles. The molecule has 0 aliphatic carbocycles. The van der Waals surface area contributed by atoms with Crippen LogP contribution < -0.4 is 0 Å². The van der Waals surface area contributed by atoms with E-state index in [0.717, 1.165) is 11.1 Å². The van der Waals surface area contributed by atoms with Crippen LogP contribution in [0.15, 0.2) is 48.5 Å². The van der Waals surface area contributed by atoms with Gasteiger partial charge in [-0.2, -0.15) is 0 Å². The van der Waals surface area contributed by atoms with Crippen molar-refractivity contribution in [1.29, 1.82) is 0 Å². The quantitative estimate of drug-likeness (QED) is 0.895. The van der Waals surface area contributed by atoms with Gasteiger partial charge in [-0.1, -0.05) is 24.3 Å². The molecule has 1 unspecified atom stereocenters. The molecular weight excluding hydrogens is 338 g/mol. The third-order valence-electron chi connectivity index (χ3n) is 4.98. The van der Waals surface area contributed by atoms with E-state index in [1.54, 1.807) is 24.3 Å². The maximum atomic E-state index is 13.4. The molecule has 1 aliphatic heterocycles. The standard InChI is InChI=1S/C20H22F2N2O2/c1-13-12-24(20(25)26)14(2)11-23(13)19(15-3-7-17(21)8-4-15)16-5-9-18(22)10-6-16/h3-10,13-14,19H,11-12H2,1-2H3,(H,25,26)/t13?,14-/m0/s1. The molecule has 26 heavy (non-hydrogen) atoms. The average Bonchev–Trinajstić information content (AvgIpc) is 2.60. The zero-order chi connectivity index (χ0) is 18.8. The van der Waals surface area contributed by atoms with E-state index in [9.17, 15) is 18.7 Å². The highest BCUT2D eigenvalue weighted by molar-refractivity contribution is 5.65. The molecule has 1 saturated heterocycles. The minimum atomic E-state index is -0.927. The van der Waals surface area contributed by atoms with Gasteiger partial charge in [0.25, 0.3) is 0 Å². The van der Waals surface area contributed by atoms with Crippen LogP contribution in [0.4, 0.5) is 13.6 Å². The zero-order valence-corrected chi connectivity index (χ0v) is 14.8. The monoisotopic (exact) mass is 360 g/mol. The first kappa shape index (κ1) is 18.3. The normalized spacial score (nSPS) is 21.2. The van der Waals surface area contributed by atoms with Crippen LogP contribution in [0, 0.1) is 11.6 Å². The van der Waals surface area contributed by atoms with E-state index in [-0.39, 0.29) is 29.8 Å². The van der Waals surface area contributed by atoms with Crippen LogP contribution in [0.25, 0.3) is 0 Å². The summed E-state index contributed by atoms with van der Waals surface area (Å²) in [5, 5.41) is 9.37. The predicted molar refractivity (Wildman–Crippen MR) is 95.0 cm³/mol. The van der Waals surface area contributed by atoms with Crippen LogP contribution in [0.2, 0.25) is 0 Å². The number of amides is 1. The molecule has 6 heteroatoms. The fraction of sp³-hybridized carbons (Fsp3) is 0.350. The van der Waals surface area contributed by atoms with Gasteiger partial charge in [0.2, 0.25) is 0 Å². The second kappa shape index (κ2) is 7.41. The van der Waals surface area contributed by atoms with Gasteiger partial charge < -0.3 is 10.0 Å². The molecule has 138 valence electrons. The molecule has 0 saturated carbocycles. The number of carboxylic acid groups (broad SMARTS) is 1. The number of hydrogen-bond acceptors (Lipinski definition) is 2. The Labute approximate surface area is 151 Å². The summed E-state index contributed by atoms with van der Waals surface area (Å²) < 4.78 is 26.8. The summed E-state index contributed by atoms with van der Waals surface area (Å²) in [7, 11) is 0. The summed E-state index contributed by atoms with van der Waals surface area (Å²) in [6.07, 6.45) is -0.927. The Morgan fingerprint density at radius 2 is 1.38 bits per heavy atom. The summed E-state index contributed by atoms with van der Waals surface area (Å²) in [4.78, 5) is 15.1. The van der Waals surface area contributed by atoms with Crippen molar-refractivity contribution >= 4 is 6.09 Å². The van der Waals surface area contributed by atoms with Crippen molar-refractivity contribution in [2.45, 2.75) is 32.0 Å². The molecule has 1 amide bonds. The third kappa shape index (κ3) is 3.70. The molecular formula is C20H22F2N2O2. The van der Waals surface area contributed by atoms with Gasteiger partial charge in [-0.05, 0) is 49.2 Å². The first-order valence-corrected chi connectivity index (χ1v) is 8.63. The Balaban J connectivity index is 1.99. The molecule has 2 aromatic carbocycles. The van der Waals surface area contributed by atoms with E-state index in [4.69, 9.17) is 0 Å². The number of carbonyl (C=O) groups is 1. The first-order valence-electron chi connectivity index (χ1n) is 8.63. The van der Waals surface area contributed by atoms with E-state index in [2.05, 4.69) is 4.90 Å². The highest BCUT2D eigenvalue weighted by Gasteiger charge is 2.36. The SMILES string of the molecule is CC1CN(C(=O)O)[C@@H](C)CN1C(c1ccc(F)cc1)c1ccc(F)cc1. The van der Waals surface area contributed by atoms with E-state index in [0.29, 0.717) is 13.1 Å². The number of rotatable bonds is 3. The van der Waals surface area contributed by atoms with Crippen LogP contribution in [-0.4, -0.2) is 46.2 Å². The summed E-state index contributed by atoms with van der Waals surface area (Å²) in [6.45, 7) is 4.77. The van der Waals surface area contributed by atoms with Gasteiger partial charge in [0.1, 0.15) is 11.6 Å². The maximum absolute atomic E-state index is 13.4. The molecule has 4 nitrogen and oxygen atoms in total. The molecule has 0 spiro atoms. The molecule has 1 aliphatic rings. The van der Waals surface area contributed by atoms with Crippen molar-refractivity contribution in [3.8, 4) is 0 Å². The van der Waals surface area contributed by atoms with Crippen LogP contribution in [0.1, 0.15) is 31.0 Å². The molecule has 0 bridgehead atoms. The number of halogens is 2. The van der Waals surface area contributed by atoms with Crippen molar-refractivity contribution in [2.75, 3.05) is 13.1 Å². The van der Waals surface area contributed by atoms with Crippen molar-refractivity contribution in [3.05, 3.63) is 71.3 Å². The summed E-state index contributed by atoms with van der Waals surface area (Å²) >= 11 is 0. The molecule has 1 N–H and O–H groups in total. The Morgan fingerprint density at radius 3 is 1.81 bits per heavy atom. The van der Waals surface area contributed by atoms with Crippen LogP contribution in [0.3, 0.4) is 0 Å². The van der Waals surface area contributed by atoms with Crippen molar-refractivity contribution in [2.24, 2.45) is 0 Å². The van der Waals surface area contributed by atoms with Gasteiger partial charge in [0.05, 0.1) is 6.04 Å². The topological polar surface area (TPSA) is 43.8 Å². The van der Waals surface area contributed by atoms with Crippen LogP contribution >= 0.6 is 0 Å². The minimum Gasteiger partial charge on any atom is -0.465 e. The van der Waals surface area contributed by atoms with E-state index >= 15 is 0 Å². The zero-order valence-electron chi connectivity index (χ0n) is 14.8. The van der Waals surface area contributed by atoms with E-state index < -0.39 is 6.09 Å². The molecule has 1 fully saturated rings. The fourth-order valence-electron chi connectivity index (χ4n) is 3.65. The van der Waals surface area contributed by atoms with Gasteiger partial charge in [-0.3, -0.25) is 4.90 Å². The largest absolute Gasteiger partial charge is 0.465 e. The van der Waals surface area contributed by atoms with Crippen molar-refractivity contribution in [1.82, 2.24) is 9.80 Å². The highest BCUT2D eigenvalue weighted by Crippen LogP contribution is 2.33. The van der Waals surface area contributed by atoms with Crippen molar-refractivity contribution < 1.29 is 18.7 Å². The summed E-state index contributed by atoms with van der Waals surface area (Å²) in [6, 6.07) is 12.1.